The van der Waals surface area contributed by atoms with Gasteiger partial charge in [-0.1, -0.05) is 32.0 Å². The van der Waals surface area contributed by atoms with Crippen molar-refractivity contribution in [1.29, 1.82) is 0 Å². The lowest BCUT2D eigenvalue weighted by Crippen LogP contribution is -2.61. The SMILES string of the molecule is CC(C)C[C@@]1(NC(=O)c2ccccc2)COCOC1=O. The summed E-state index contributed by atoms with van der Waals surface area (Å²) < 4.78 is 10.2. The van der Waals surface area contributed by atoms with E-state index < -0.39 is 11.5 Å². The molecular formula is C15H19NO4. The first-order valence-electron chi connectivity index (χ1n) is 6.66. The molecule has 1 amide bonds. The van der Waals surface area contributed by atoms with E-state index in [0.29, 0.717) is 12.0 Å². The first-order valence-corrected chi connectivity index (χ1v) is 6.66. The maximum atomic E-state index is 12.3. The number of nitrogens with one attached hydrogen (secondary N) is 1. The molecule has 1 heterocycles. The van der Waals surface area contributed by atoms with Gasteiger partial charge in [-0.15, -0.1) is 0 Å². The standard InChI is InChI=1S/C15H19NO4/c1-11(2)8-15(9-19-10-20-14(15)18)16-13(17)12-6-4-3-5-7-12/h3-7,11H,8-10H2,1-2H3,(H,16,17)/t15-/m1/s1. The Labute approximate surface area is 118 Å². The Hall–Kier alpha value is -1.88. The predicted molar refractivity (Wildman–Crippen MR) is 73.0 cm³/mol. The van der Waals surface area contributed by atoms with Crippen molar-refractivity contribution in [3.05, 3.63) is 35.9 Å². The molecule has 5 heteroatoms. The number of hydrogen-bond acceptors (Lipinski definition) is 4. The van der Waals surface area contributed by atoms with E-state index in [1.807, 2.05) is 19.9 Å². The highest BCUT2D eigenvalue weighted by atomic mass is 16.7. The topological polar surface area (TPSA) is 64.6 Å². The Morgan fingerprint density at radius 1 is 1.35 bits per heavy atom. The number of carbonyl (C=O) groups is 2. The maximum Gasteiger partial charge on any atom is 0.336 e. The van der Waals surface area contributed by atoms with Gasteiger partial charge in [0, 0.05) is 5.56 Å². The molecule has 1 fully saturated rings. The molecule has 0 bridgehead atoms. The number of hydrogen-bond donors (Lipinski definition) is 1. The quantitative estimate of drug-likeness (QED) is 0.851. The van der Waals surface area contributed by atoms with E-state index in [4.69, 9.17) is 9.47 Å². The second-order valence-corrected chi connectivity index (χ2v) is 5.40. The van der Waals surface area contributed by atoms with Crippen LogP contribution < -0.4 is 5.32 Å². The zero-order valence-corrected chi connectivity index (χ0v) is 11.7. The van der Waals surface area contributed by atoms with Crippen LogP contribution in [0.2, 0.25) is 0 Å². The third kappa shape index (κ3) is 3.17. The van der Waals surface area contributed by atoms with Crippen molar-refractivity contribution < 1.29 is 19.1 Å². The fourth-order valence-electron chi connectivity index (χ4n) is 2.36. The van der Waals surface area contributed by atoms with Crippen LogP contribution in [-0.4, -0.2) is 30.8 Å². The summed E-state index contributed by atoms with van der Waals surface area (Å²) in [6.45, 7) is 4.05. The summed E-state index contributed by atoms with van der Waals surface area (Å²) in [6, 6.07) is 8.79. The Bertz CT molecular complexity index is 486. The molecule has 2 rings (SSSR count). The predicted octanol–water partition coefficient (Wildman–Crippen LogP) is 1.73. The van der Waals surface area contributed by atoms with Gasteiger partial charge < -0.3 is 14.8 Å². The number of benzene rings is 1. The van der Waals surface area contributed by atoms with Gasteiger partial charge >= 0.3 is 5.97 Å². The minimum Gasteiger partial charge on any atom is -0.437 e. The number of rotatable bonds is 4. The molecule has 1 aliphatic heterocycles. The Morgan fingerprint density at radius 3 is 2.65 bits per heavy atom. The highest BCUT2D eigenvalue weighted by molar-refractivity contribution is 5.98. The van der Waals surface area contributed by atoms with Gasteiger partial charge in [0.05, 0.1) is 6.61 Å². The summed E-state index contributed by atoms with van der Waals surface area (Å²) in [5.41, 5.74) is -0.590. The second-order valence-electron chi connectivity index (χ2n) is 5.40. The molecule has 0 aromatic heterocycles. The van der Waals surface area contributed by atoms with Crippen molar-refractivity contribution in [2.24, 2.45) is 5.92 Å². The number of ether oxygens (including phenoxy) is 2. The lowest BCUT2D eigenvalue weighted by atomic mass is 9.88. The van der Waals surface area contributed by atoms with Crippen LogP contribution in [-0.2, 0) is 14.3 Å². The van der Waals surface area contributed by atoms with Crippen LogP contribution in [0.3, 0.4) is 0 Å². The van der Waals surface area contributed by atoms with E-state index in [1.54, 1.807) is 24.3 Å². The van der Waals surface area contributed by atoms with Crippen LogP contribution in [0, 0.1) is 5.92 Å². The van der Waals surface area contributed by atoms with Crippen LogP contribution in [0.1, 0.15) is 30.6 Å². The molecule has 1 aromatic carbocycles. The molecule has 5 nitrogen and oxygen atoms in total. The lowest BCUT2D eigenvalue weighted by Gasteiger charge is -2.36. The van der Waals surface area contributed by atoms with E-state index in [1.165, 1.54) is 0 Å². The van der Waals surface area contributed by atoms with Crippen molar-refractivity contribution in [3.8, 4) is 0 Å². The third-order valence-corrected chi connectivity index (χ3v) is 3.16. The molecule has 0 radical (unpaired) electrons. The molecular weight excluding hydrogens is 258 g/mol. The van der Waals surface area contributed by atoms with Crippen molar-refractivity contribution in [1.82, 2.24) is 5.32 Å². The minimum atomic E-state index is -1.10. The minimum absolute atomic E-state index is 0.0557. The first kappa shape index (κ1) is 14.5. The summed E-state index contributed by atoms with van der Waals surface area (Å²) in [6.07, 6.45) is 0.477. The highest BCUT2D eigenvalue weighted by Gasteiger charge is 2.45. The van der Waals surface area contributed by atoms with Crippen LogP contribution >= 0.6 is 0 Å². The van der Waals surface area contributed by atoms with Gasteiger partial charge in [-0.3, -0.25) is 4.79 Å². The molecule has 1 aliphatic rings. The largest absolute Gasteiger partial charge is 0.437 e. The second kappa shape index (κ2) is 6.05. The molecule has 1 saturated heterocycles. The van der Waals surface area contributed by atoms with E-state index in [-0.39, 0.29) is 25.2 Å². The molecule has 1 aromatic rings. The zero-order chi connectivity index (χ0) is 14.6. The van der Waals surface area contributed by atoms with Crippen LogP contribution in [0.5, 0.6) is 0 Å². The average Bonchev–Trinajstić information content (AvgIpc) is 2.42. The number of esters is 1. The van der Waals surface area contributed by atoms with Gasteiger partial charge in [0.25, 0.3) is 5.91 Å². The van der Waals surface area contributed by atoms with Gasteiger partial charge in [-0.25, -0.2) is 4.79 Å². The van der Waals surface area contributed by atoms with E-state index in [2.05, 4.69) is 5.32 Å². The summed E-state index contributed by atoms with van der Waals surface area (Å²) in [5.74, 6) is -0.504. The monoisotopic (exact) mass is 277 g/mol. The Morgan fingerprint density at radius 2 is 2.05 bits per heavy atom. The molecule has 0 spiro atoms. The lowest BCUT2D eigenvalue weighted by molar-refractivity contribution is -0.186. The Kier molecular flexibility index (Phi) is 4.39. The van der Waals surface area contributed by atoms with Crippen LogP contribution in [0.15, 0.2) is 30.3 Å². The molecule has 0 aliphatic carbocycles. The third-order valence-electron chi connectivity index (χ3n) is 3.16. The smallest absolute Gasteiger partial charge is 0.336 e. The molecule has 0 unspecified atom stereocenters. The maximum absolute atomic E-state index is 12.3. The van der Waals surface area contributed by atoms with Gasteiger partial charge in [0.1, 0.15) is 0 Å². The van der Waals surface area contributed by atoms with E-state index in [0.717, 1.165) is 0 Å². The Balaban J connectivity index is 2.20. The summed E-state index contributed by atoms with van der Waals surface area (Å²) in [7, 11) is 0. The fourth-order valence-corrected chi connectivity index (χ4v) is 2.36. The van der Waals surface area contributed by atoms with E-state index in [9.17, 15) is 9.59 Å². The zero-order valence-electron chi connectivity index (χ0n) is 11.7. The van der Waals surface area contributed by atoms with E-state index >= 15 is 0 Å². The van der Waals surface area contributed by atoms with Gasteiger partial charge in [0.2, 0.25) is 0 Å². The number of carbonyl (C=O) groups excluding carboxylic acids is 2. The molecule has 108 valence electrons. The average molecular weight is 277 g/mol. The van der Waals surface area contributed by atoms with Gasteiger partial charge in [0.15, 0.2) is 12.3 Å². The van der Waals surface area contributed by atoms with Crippen molar-refractivity contribution in [3.63, 3.8) is 0 Å². The number of amides is 1. The summed E-state index contributed by atoms with van der Waals surface area (Å²) in [4.78, 5) is 24.4. The molecule has 20 heavy (non-hydrogen) atoms. The normalized spacial score (nSPS) is 22.4. The summed E-state index contributed by atoms with van der Waals surface area (Å²) in [5, 5.41) is 2.79. The van der Waals surface area contributed by atoms with Gasteiger partial charge in [-0.2, -0.15) is 0 Å². The van der Waals surface area contributed by atoms with Crippen molar-refractivity contribution in [2.45, 2.75) is 25.8 Å². The molecule has 0 saturated carbocycles. The van der Waals surface area contributed by atoms with Crippen molar-refractivity contribution in [2.75, 3.05) is 13.4 Å². The molecule has 1 atom stereocenters. The molecule has 1 N–H and O–H groups in total. The fraction of sp³-hybridized carbons (Fsp3) is 0.467. The van der Waals surface area contributed by atoms with Gasteiger partial charge in [-0.05, 0) is 24.5 Å². The highest BCUT2D eigenvalue weighted by Crippen LogP contribution is 2.23. The van der Waals surface area contributed by atoms with Crippen LogP contribution in [0.4, 0.5) is 0 Å². The van der Waals surface area contributed by atoms with Crippen molar-refractivity contribution >= 4 is 11.9 Å². The first-order chi connectivity index (χ1) is 9.53. The van der Waals surface area contributed by atoms with Crippen LogP contribution in [0.25, 0.3) is 0 Å². The number of cyclic esters (lactones) is 1. The summed E-state index contributed by atoms with van der Waals surface area (Å²) >= 11 is 0.